The first-order valence-electron chi connectivity index (χ1n) is 10.1. The summed E-state index contributed by atoms with van der Waals surface area (Å²) in [5.74, 6) is -1.01. The lowest BCUT2D eigenvalue weighted by molar-refractivity contribution is 0.0599. The molecule has 1 aromatic heterocycles. The summed E-state index contributed by atoms with van der Waals surface area (Å²) >= 11 is 3.01. The molecule has 1 saturated heterocycles. The van der Waals surface area contributed by atoms with Crippen molar-refractivity contribution in [3.63, 3.8) is 0 Å². The van der Waals surface area contributed by atoms with Crippen LogP contribution in [0.4, 0.5) is 8.78 Å². The molecule has 0 amide bonds. The first kappa shape index (κ1) is 22.8. The molecular formula is C23H23BrF2N2O4. The average molecular weight is 509 g/mol. The van der Waals surface area contributed by atoms with Crippen LogP contribution in [0.5, 0.6) is 0 Å². The highest BCUT2D eigenvalue weighted by Gasteiger charge is 2.43. The number of aromatic nitrogens is 2. The molecule has 170 valence electrons. The monoisotopic (exact) mass is 508 g/mol. The predicted octanol–water partition coefficient (Wildman–Crippen LogP) is 4.68. The first-order valence-corrected chi connectivity index (χ1v) is 10.9. The minimum atomic E-state index is -0.551. The van der Waals surface area contributed by atoms with Crippen LogP contribution < -0.4 is 0 Å². The van der Waals surface area contributed by atoms with E-state index in [1.165, 1.54) is 13.2 Å². The molecule has 0 spiro atoms. The number of hydrogen-bond acceptors (Lipinski definition) is 5. The number of carbonyl (C=O) groups excluding carboxylic acids is 1. The van der Waals surface area contributed by atoms with Gasteiger partial charge in [-0.15, -0.1) is 0 Å². The number of rotatable bonds is 6. The first-order chi connectivity index (χ1) is 15.3. The Bertz CT molecular complexity index is 1180. The van der Waals surface area contributed by atoms with Gasteiger partial charge >= 0.3 is 5.97 Å². The maximum Gasteiger partial charge on any atom is 0.337 e. The average Bonchev–Trinajstić information content (AvgIpc) is 3.30. The number of imidazole rings is 1. The zero-order valence-corrected chi connectivity index (χ0v) is 19.5. The molecule has 0 N–H and O–H groups in total. The van der Waals surface area contributed by atoms with Crippen molar-refractivity contribution >= 4 is 32.9 Å². The minimum Gasteiger partial charge on any atom is -0.465 e. The van der Waals surface area contributed by atoms with E-state index in [-0.39, 0.29) is 27.9 Å². The van der Waals surface area contributed by atoms with Crippen molar-refractivity contribution in [2.24, 2.45) is 5.41 Å². The van der Waals surface area contributed by atoms with E-state index in [1.807, 2.05) is 11.5 Å². The molecule has 6 nitrogen and oxygen atoms in total. The Balaban J connectivity index is 1.89. The fraction of sp³-hybridized carbons (Fsp3) is 0.391. The van der Waals surface area contributed by atoms with Gasteiger partial charge in [0, 0.05) is 18.9 Å². The number of nitrogens with zero attached hydrogens (tertiary/aromatic N) is 2. The molecule has 0 bridgehead atoms. The topological polar surface area (TPSA) is 62.6 Å². The van der Waals surface area contributed by atoms with E-state index in [4.69, 9.17) is 19.2 Å². The van der Waals surface area contributed by atoms with E-state index in [1.54, 1.807) is 25.3 Å². The molecule has 2 atom stereocenters. The lowest BCUT2D eigenvalue weighted by atomic mass is 9.85. The number of halogens is 3. The fourth-order valence-electron chi connectivity index (χ4n) is 4.28. The van der Waals surface area contributed by atoms with Gasteiger partial charge in [0.1, 0.15) is 17.5 Å². The van der Waals surface area contributed by atoms with Crippen LogP contribution in [0.2, 0.25) is 0 Å². The van der Waals surface area contributed by atoms with Crippen molar-refractivity contribution in [1.82, 2.24) is 9.55 Å². The van der Waals surface area contributed by atoms with Crippen molar-refractivity contribution in [3.05, 3.63) is 63.4 Å². The molecular weight excluding hydrogens is 486 g/mol. The maximum absolute atomic E-state index is 14.6. The zero-order chi connectivity index (χ0) is 23.0. The number of ether oxygens (including phenoxy) is 3. The smallest absolute Gasteiger partial charge is 0.337 e. The second-order valence-electron chi connectivity index (χ2n) is 8.25. The molecule has 0 saturated carbocycles. The molecule has 1 fully saturated rings. The molecule has 1 aliphatic heterocycles. The van der Waals surface area contributed by atoms with Crippen LogP contribution in [0.15, 0.2) is 34.8 Å². The van der Waals surface area contributed by atoms with Gasteiger partial charge in [-0.3, -0.25) is 0 Å². The van der Waals surface area contributed by atoms with Gasteiger partial charge in [-0.2, -0.15) is 0 Å². The van der Waals surface area contributed by atoms with Crippen LogP contribution in [0.1, 0.15) is 34.7 Å². The molecule has 0 radical (unpaired) electrons. The number of benzene rings is 2. The van der Waals surface area contributed by atoms with Crippen LogP contribution in [-0.2, 0) is 20.6 Å². The van der Waals surface area contributed by atoms with E-state index in [0.717, 1.165) is 6.07 Å². The van der Waals surface area contributed by atoms with Crippen LogP contribution in [-0.4, -0.2) is 49.6 Å². The zero-order valence-electron chi connectivity index (χ0n) is 18.0. The summed E-state index contributed by atoms with van der Waals surface area (Å²) < 4.78 is 46.9. The van der Waals surface area contributed by atoms with Crippen LogP contribution in [0.25, 0.3) is 11.0 Å². The molecule has 2 unspecified atom stereocenters. The molecule has 32 heavy (non-hydrogen) atoms. The standard InChI is InChI=1S/C23H23BrF2N2O4/c1-23(11-30-2)12-32-10-20(23)28-19-7-13(22(29)31-3)4-5-18(19)27-21(28)8-14-6-17(26)15(24)9-16(14)25/h4-7,9,20H,8,10-12H2,1-3H3. The van der Waals surface area contributed by atoms with Crippen molar-refractivity contribution < 1.29 is 27.8 Å². The highest BCUT2D eigenvalue weighted by molar-refractivity contribution is 9.10. The molecule has 1 aliphatic rings. The molecule has 2 heterocycles. The van der Waals surface area contributed by atoms with Gasteiger partial charge in [0.2, 0.25) is 0 Å². The van der Waals surface area contributed by atoms with Gasteiger partial charge in [-0.05, 0) is 51.8 Å². The van der Waals surface area contributed by atoms with Gasteiger partial charge in [0.25, 0.3) is 0 Å². The molecule has 2 aromatic carbocycles. The predicted molar refractivity (Wildman–Crippen MR) is 118 cm³/mol. The number of fused-ring (bicyclic) bond motifs is 1. The summed E-state index contributed by atoms with van der Waals surface area (Å²) in [5.41, 5.74) is 1.52. The van der Waals surface area contributed by atoms with Crippen molar-refractivity contribution in [2.75, 3.05) is 34.0 Å². The number of carbonyl (C=O) groups is 1. The Kier molecular flexibility index (Phi) is 6.33. The summed E-state index contributed by atoms with van der Waals surface area (Å²) in [6.07, 6.45) is 0.0673. The van der Waals surface area contributed by atoms with E-state index < -0.39 is 17.6 Å². The Morgan fingerprint density at radius 2 is 2.06 bits per heavy atom. The number of hydrogen-bond donors (Lipinski definition) is 0. The molecule has 3 aromatic rings. The maximum atomic E-state index is 14.6. The van der Waals surface area contributed by atoms with Crippen LogP contribution in [0, 0.1) is 17.0 Å². The van der Waals surface area contributed by atoms with Gasteiger partial charge < -0.3 is 18.8 Å². The van der Waals surface area contributed by atoms with Gasteiger partial charge in [-0.1, -0.05) is 6.92 Å². The van der Waals surface area contributed by atoms with E-state index >= 15 is 0 Å². The van der Waals surface area contributed by atoms with E-state index in [2.05, 4.69) is 15.9 Å². The quantitative estimate of drug-likeness (QED) is 0.357. The SMILES string of the molecule is COCC1(C)COCC1n1c(Cc2cc(F)c(Br)cc2F)nc2ccc(C(=O)OC)cc21. The Morgan fingerprint density at radius 3 is 2.78 bits per heavy atom. The largest absolute Gasteiger partial charge is 0.465 e. The summed E-state index contributed by atoms with van der Waals surface area (Å²) in [6, 6.07) is 7.17. The van der Waals surface area contributed by atoms with Crippen molar-refractivity contribution in [1.29, 1.82) is 0 Å². The third-order valence-corrected chi connectivity index (χ3v) is 6.53. The number of esters is 1. The van der Waals surface area contributed by atoms with Gasteiger partial charge in [0.15, 0.2) is 0 Å². The van der Waals surface area contributed by atoms with Crippen molar-refractivity contribution in [3.8, 4) is 0 Å². The van der Waals surface area contributed by atoms with Crippen LogP contribution >= 0.6 is 15.9 Å². The second-order valence-corrected chi connectivity index (χ2v) is 9.10. The fourth-order valence-corrected chi connectivity index (χ4v) is 4.60. The molecule has 0 aliphatic carbocycles. The molecule has 4 rings (SSSR count). The highest BCUT2D eigenvalue weighted by atomic mass is 79.9. The Morgan fingerprint density at radius 1 is 1.28 bits per heavy atom. The lowest BCUT2D eigenvalue weighted by Gasteiger charge is -2.31. The minimum absolute atomic E-state index is 0.0619. The molecule has 9 heteroatoms. The number of methoxy groups -OCH3 is 2. The van der Waals surface area contributed by atoms with Gasteiger partial charge in [-0.25, -0.2) is 18.6 Å². The van der Waals surface area contributed by atoms with Crippen molar-refractivity contribution in [2.45, 2.75) is 19.4 Å². The third-order valence-electron chi connectivity index (χ3n) is 5.92. The summed E-state index contributed by atoms with van der Waals surface area (Å²) in [6.45, 7) is 3.36. The van der Waals surface area contributed by atoms with Crippen LogP contribution in [0.3, 0.4) is 0 Å². The third kappa shape index (κ3) is 4.04. The normalized spacial score (nSPS) is 20.8. The Labute approximate surface area is 192 Å². The lowest BCUT2D eigenvalue weighted by Crippen LogP contribution is -2.34. The van der Waals surface area contributed by atoms with Gasteiger partial charge in [0.05, 0.1) is 54.0 Å². The summed E-state index contributed by atoms with van der Waals surface area (Å²) in [4.78, 5) is 16.9. The summed E-state index contributed by atoms with van der Waals surface area (Å²) in [5, 5.41) is 0. The Hall–Kier alpha value is -2.36. The van der Waals surface area contributed by atoms with E-state index in [9.17, 15) is 13.6 Å². The summed E-state index contributed by atoms with van der Waals surface area (Å²) in [7, 11) is 2.95. The highest BCUT2D eigenvalue weighted by Crippen LogP contribution is 2.41. The second kappa shape index (κ2) is 8.88. The van der Waals surface area contributed by atoms with E-state index in [0.29, 0.717) is 42.2 Å².